The summed E-state index contributed by atoms with van der Waals surface area (Å²) in [5, 5.41) is 0. The first-order valence-electron chi connectivity index (χ1n) is 7.20. The molecule has 0 amide bonds. The summed E-state index contributed by atoms with van der Waals surface area (Å²) in [4.78, 5) is 4.39. The highest BCUT2D eigenvalue weighted by molar-refractivity contribution is 5.84. The molecule has 0 aliphatic heterocycles. The zero-order valence-corrected chi connectivity index (χ0v) is 11.8. The fourth-order valence-corrected chi connectivity index (χ4v) is 2.90. The third-order valence-corrected chi connectivity index (χ3v) is 3.96. The van der Waals surface area contributed by atoms with E-state index in [1.165, 1.54) is 25.7 Å². The first-order chi connectivity index (χ1) is 9.79. The summed E-state index contributed by atoms with van der Waals surface area (Å²) in [6, 6.07) is 5.86. The van der Waals surface area contributed by atoms with E-state index in [1.807, 2.05) is 22.8 Å². The average molecular weight is 275 g/mol. The molecule has 1 aromatic heterocycles. The van der Waals surface area contributed by atoms with Crippen molar-refractivity contribution in [2.45, 2.75) is 38.3 Å². The quantitative estimate of drug-likeness (QED) is 0.911. The van der Waals surface area contributed by atoms with Crippen molar-refractivity contribution in [3.05, 3.63) is 18.2 Å². The topological polar surface area (TPSA) is 62.3 Å². The molecule has 1 aromatic carbocycles. The fourth-order valence-electron chi connectivity index (χ4n) is 2.90. The van der Waals surface area contributed by atoms with Crippen LogP contribution in [0.2, 0.25) is 0 Å². The molecule has 0 saturated heterocycles. The molecule has 1 aliphatic rings. The highest BCUT2D eigenvalue weighted by atomic mass is 16.5. The lowest BCUT2D eigenvalue weighted by Gasteiger charge is -2.12. The van der Waals surface area contributed by atoms with E-state index < -0.39 is 0 Å². The molecule has 0 radical (unpaired) electrons. The van der Waals surface area contributed by atoms with Crippen LogP contribution in [0.1, 0.15) is 25.7 Å². The van der Waals surface area contributed by atoms with E-state index in [2.05, 4.69) is 4.98 Å². The van der Waals surface area contributed by atoms with Crippen molar-refractivity contribution in [1.82, 2.24) is 9.55 Å². The molecule has 1 fully saturated rings. The molecule has 1 heterocycles. The van der Waals surface area contributed by atoms with Crippen LogP contribution in [0.4, 0.5) is 5.95 Å². The van der Waals surface area contributed by atoms with E-state index in [4.69, 9.17) is 15.2 Å². The lowest BCUT2D eigenvalue weighted by atomic mass is 10.3. The molecule has 0 atom stereocenters. The van der Waals surface area contributed by atoms with Crippen molar-refractivity contribution in [2.75, 3.05) is 19.5 Å². The molecule has 5 heteroatoms. The van der Waals surface area contributed by atoms with Gasteiger partial charge in [-0.15, -0.1) is 0 Å². The van der Waals surface area contributed by atoms with Gasteiger partial charge in [0, 0.05) is 6.54 Å². The van der Waals surface area contributed by atoms with Crippen molar-refractivity contribution in [2.24, 2.45) is 0 Å². The summed E-state index contributed by atoms with van der Waals surface area (Å²) in [5.41, 5.74) is 7.82. The second-order valence-electron chi connectivity index (χ2n) is 5.23. The first-order valence-corrected chi connectivity index (χ1v) is 7.20. The Hall–Kier alpha value is -1.75. The van der Waals surface area contributed by atoms with Crippen LogP contribution in [0.25, 0.3) is 11.0 Å². The van der Waals surface area contributed by atoms with Crippen molar-refractivity contribution in [3.8, 4) is 5.75 Å². The largest absolute Gasteiger partial charge is 0.494 e. The number of fused-ring (bicyclic) bond motifs is 1. The second kappa shape index (κ2) is 5.71. The Morgan fingerprint density at radius 2 is 2.15 bits per heavy atom. The third kappa shape index (κ3) is 2.45. The van der Waals surface area contributed by atoms with Gasteiger partial charge in [-0.3, -0.25) is 0 Å². The molecule has 20 heavy (non-hydrogen) atoms. The van der Waals surface area contributed by atoms with E-state index in [0.717, 1.165) is 23.3 Å². The minimum atomic E-state index is 0.431. The predicted molar refractivity (Wildman–Crippen MR) is 78.9 cm³/mol. The van der Waals surface area contributed by atoms with Crippen LogP contribution in [0.5, 0.6) is 5.75 Å². The number of benzene rings is 1. The van der Waals surface area contributed by atoms with Gasteiger partial charge in [-0.1, -0.05) is 18.9 Å². The van der Waals surface area contributed by atoms with Crippen LogP contribution >= 0.6 is 0 Å². The number of aromatic nitrogens is 2. The normalized spacial score (nSPS) is 16.1. The molecular weight excluding hydrogens is 254 g/mol. The van der Waals surface area contributed by atoms with E-state index in [-0.39, 0.29) is 0 Å². The molecule has 5 nitrogen and oxygen atoms in total. The van der Waals surface area contributed by atoms with E-state index in [9.17, 15) is 0 Å². The number of anilines is 1. The Morgan fingerprint density at radius 3 is 2.90 bits per heavy atom. The summed E-state index contributed by atoms with van der Waals surface area (Å²) in [6.07, 6.45) is 5.39. The van der Waals surface area contributed by atoms with Crippen LogP contribution in [0.3, 0.4) is 0 Å². The van der Waals surface area contributed by atoms with Gasteiger partial charge in [0.2, 0.25) is 5.95 Å². The molecule has 2 N–H and O–H groups in total. The number of imidazole rings is 1. The molecule has 1 aliphatic carbocycles. The van der Waals surface area contributed by atoms with Gasteiger partial charge in [0.05, 0.1) is 25.3 Å². The zero-order chi connectivity index (χ0) is 13.9. The Bertz CT molecular complexity index is 588. The highest BCUT2D eigenvalue weighted by Crippen LogP contribution is 2.27. The Labute approximate surface area is 118 Å². The Balaban J connectivity index is 1.75. The molecule has 0 bridgehead atoms. The van der Waals surface area contributed by atoms with Gasteiger partial charge in [0.25, 0.3) is 0 Å². The van der Waals surface area contributed by atoms with Gasteiger partial charge in [0.1, 0.15) is 11.3 Å². The summed E-state index contributed by atoms with van der Waals surface area (Å²) in [5.74, 6) is 1.27. The van der Waals surface area contributed by atoms with E-state index in [0.29, 0.717) is 18.7 Å². The standard InChI is InChI=1S/C15H21N3O2/c1-19-13-8-4-7-12-14(13)17-15(16)18(12)9-10-20-11-5-2-3-6-11/h4,7-8,11H,2-3,5-6,9-10H2,1H3,(H2,16,17). The Morgan fingerprint density at radius 1 is 1.35 bits per heavy atom. The number of nitrogens with zero attached hydrogens (tertiary/aromatic N) is 2. The monoisotopic (exact) mass is 275 g/mol. The highest BCUT2D eigenvalue weighted by Gasteiger charge is 2.16. The summed E-state index contributed by atoms with van der Waals surface area (Å²) >= 11 is 0. The van der Waals surface area contributed by atoms with Gasteiger partial charge < -0.3 is 19.8 Å². The van der Waals surface area contributed by atoms with Gasteiger partial charge in [-0.2, -0.15) is 0 Å². The third-order valence-electron chi connectivity index (χ3n) is 3.96. The van der Waals surface area contributed by atoms with Gasteiger partial charge in [-0.05, 0) is 25.0 Å². The van der Waals surface area contributed by atoms with Crippen LogP contribution in [0.15, 0.2) is 18.2 Å². The van der Waals surface area contributed by atoms with Gasteiger partial charge in [0.15, 0.2) is 0 Å². The zero-order valence-electron chi connectivity index (χ0n) is 11.8. The fraction of sp³-hybridized carbons (Fsp3) is 0.533. The van der Waals surface area contributed by atoms with Crippen LogP contribution in [-0.4, -0.2) is 29.4 Å². The van der Waals surface area contributed by atoms with Crippen LogP contribution in [0, 0.1) is 0 Å². The molecule has 0 spiro atoms. The Kier molecular flexibility index (Phi) is 3.78. The van der Waals surface area contributed by atoms with Gasteiger partial charge >= 0.3 is 0 Å². The number of rotatable bonds is 5. The van der Waals surface area contributed by atoms with E-state index in [1.54, 1.807) is 7.11 Å². The molecule has 0 unspecified atom stereocenters. The molecule has 108 valence electrons. The number of nitrogens with two attached hydrogens (primary N) is 1. The minimum Gasteiger partial charge on any atom is -0.494 e. The number of methoxy groups -OCH3 is 1. The first kappa shape index (κ1) is 13.2. The summed E-state index contributed by atoms with van der Waals surface area (Å²) in [6.45, 7) is 1.41. The number of hydrogen-bond donors (Lipinski definition) is 1. The van der Waals surface area contributed by atoms with Crippen molar-refractivity contribution in [3.63, 3.8) is 0 Å². The van der Waals surface area contributed by atoms with Crippen LogP contribution in [-0.2, 0) is 11.3 Å². The van der Waals surface area contributed by atoms with E-state index >= 15 is 0 Å². The SMILES string of the molecule is COc1cccc2c1nc(N)n2CCOC1CCCC1. The molecule has 1 saturated carbocycles. The maximum absolute atomic E-state index is 6.01. The van der Waals surface area contributed by atoms with Gasteiger partial charge in [-0.25, -0.2) is 4.98 Å². The predicted octanol–water partition coefficient (Wildman–Crippen LogP) is 2.59. The molecule has 3 rings (SSSR count). The number of nitrogen functional groups attached to an aromatic ring is 1. The number of para-hydroxylation sites is 1. The average Bonchev–Trinajstić information content (AvgIpc) is 3.07. The number of ether oxygens (including phenoxy) is 2. The smallest absolute Gasteiger partial charge is 0.201 e. The minimum absolute atomic E-state index is 0.431. The summed E-state index contributed by atoms with van der Waals surface area (Å²) in [7, 11) is 1.65. The van der Waals surface area contributed by atoms with Crippen molar-refractivity contribution in [1.29, 1.82) is 0 Å². The maximum Gasteiger partial charge on any atom is 0.201 e. The number of hydrogen-bond acceptors (Lipinski definition) is 4. The van der Waals surface area contributed by atoms with Crippen molar-refractivity contribution < 1.29 is 9.47 Å². The lowest BCUT2D eigenvalue weighted by molar-refractivity contribution is 0.0537. The maximum atomic E-state index is 6.01. The lowest BCUT2D eigenvalue weighted by Crippen LogP contribution is -2.14. The van der Waals surface area contributed by atoms with Crippen LogP contribution < -0.4 is 10.5 Å². The molecule has 2 aromatic rings. The van der Waals surface area contributed by atoms with Crippen molar-refractivity contribution >= 4 is 17.0 Å². The summed E-state index contributed by atoms with van der Waals surface area (Å²) < 4.78 is 13.2. The molecular formula is C15H21N3O2. The second-order valence-corrected chi connectivity index (χ2v) is 5.23.